The zero-order chi connectivity index (χ0) is 22.4. The second-order valence-corrected chi connectivity index (χ2v) is 8.44. The summed E-state index contributed by atoms with van der Waals surface area (Å²) in [5, 5.41) is 13.3. The number of carbonyl (C=O) groups is 2. The minimum atomic E-state index is -0.569. The quantitative estimate of drug-likeness (QED) is 0.565. The molecule has 0 aliphatic carbocycles. The van der Waals surface area contributed by atoms with Gasteiger partial charge in [-0.1, -0.05) is 71.4 Å². The fourth-order valence-corrected chi connectivity index (χ4v) is 3.52. The number of carbonyl (C=O) groups excluding carboxylic acids is 2. The summed E-state index contributed by atoms with van der Waals surface area (Å²) < 4.78 is 0. The van der Waals surface area contributed by atoms with E-state index in [0.29, 0.717) is 23.1 Å². The van der Waals surface area contributed by atoms with Crippen molar-refractivity contribution >= 4 is 23.7 Å². The van der Waals surface area contributed by atoms with Crippen molar-refractivity contribution in [2.75, 3.05) is 6.54 Å². The number of nitrogens with one attached hydrogen (secondary N) is 2. The second kappa shape index (κ2) is 10.2. The summed E-state index contributed by atoms with van der Waals surface area (Å²) >= 11 is 1.15. The number of aromatic nitrogens is 3. The van der Waals surface area contributed by atoms with Crippen molar-refractivity contribution in [3.05, 3.63) is 59.7 Å². The van der Waals surface area contributed by atoms with Gasteiger partial charge in [0.2, 0.25) is 11.1 Å². The van der Waals surface area contributed by atoms with Gasteiger partial charge in [0.05, 0.1) is 5.25 Å². The first kappa shape index (κ1) is 22.4. The molecule has 0 aliphatic rings. The van der Waals surface area contributed by atoms with Crippen LogP contribution in [0.4, 0.5) is 4.79 Å². The topological polar surface area (TPSA) is 96.9 Å². The highest BCUT2D eigenvalue weighted by molar-refractivity contribution is 8.00. The van der Waals surface area contributed by atoms with Crippen LogP contribution in [0.5, 0.6) is 0 Å². The molecule has 0 spiro atoms. The Morgan fingerprint density at radius 3 is 2.00 bits per heavy atom. The average Bonchev–Trinajstić information content (AvgIpc) is 2.75. The molecule has 0 saturated heterocycles. The van der Waals surface area contributed by atoms with Crippen LogP contribution in [0.15, 0.2) is 53.7 Å². The number of amides is 3. The third-order valence-corrected chi connectivity index (χ3v) is 5.49. The first-order valence-corrected chi connectivity index (χ1v) is 10.9. The standard InChI is InChI=1S/C23H25N5O2S/c1-5-24-22(30)26-21(29)16(4)31-23-25-19(17-10-6-14(2)7-11-17)20(27-28-23)18-12-8-15(3)9-13-18/h6-13,16H,5H2,1-4H3,(H2,24,26,29,30)/t16-/m0/s1. The Kier molecular flexibility index (Phi) is 7.36. The van der Waals surface area contributed by atoms with E-state index in [0.717, 1.165) is 34.0 Å². The third kappa shape index (κ3) is 5.88. The SMILES string of the molecule is CCNC(=O)NC(=O)[C@H](C)Sc1nnc(-c2ccc(C)cc2)c(-c2ccc(C)cc2)n1. The zero-order valence-corrected chi connectivity index (χ0v) is 18.8. The number of thioether (sulfide) groups is 1. The van der Waals surface area contributed by atoms with Crippen LogP contribution >= 0.6 is 11.8 Å². The van der Waals surface area contributed by atoms with Crippen LogP contribution in [-0.4, -0.2) is 38.9 Å². The molecule has 3 amide bonds. The highest BCUT2D eigenvalue weighted by Crippen LogP contribution is 2.31. The highest BCUT2D eigenvalue weighted by Gasteiger charge is 2.20. The van der Waals surface area contributed by atoms with E-state index in [1.165, 1.54) is 0 Å². The Balaban J connectivity index is 1.91. The molecule has 0 bridgehead atoms. The van der Waals surface area contributed by atoms with E-state index in [2.05, 4.69) is 20.8 Å². The largest absolute Gasteiger partial charge is 0.338 e. The van der Waals surface area contributed by atoms with Crippen molar-refractivity contribution in [3.8, 4) is 22.5 Å². The lowest BCUT2D eigenvalue weighted by Gasteiger charge is -2.13. The Labute approximate surface area is 186 Å². The van der Waals surface area contributed by atoms with Gasteiger partial charge in [-0.3, -0.25) is 10.1 Å². The van der Waals surface area contributed by atoms with Crippen LogP contribution in [0.2, 0.25) is 0 Å². The van der Waals surface area contributed by atoms with Crippen LogP contribution in [0.3, 0.4) is 0 Å². The summed E-state index contributed by atoms with van der Waals surface area (Å²) in [6, 6.07) is 15.5. The molecule has 0 aliphatic heterocycles. The van der Waals surface area contributed by atoms with E-state index in [9.17, 15) is 9.59 Å². The van der Waals surface area contributed by atoms with Crippen molar-refractivity contribution in [2.24, 2.45) is 0 Å². The Hall–Kier alpha value is -3.26. The van der Waals surface area contributed by atoms with Crippen molar-refractivity contribution in [1.29, 1.82) is 0 Å². The summed E-state index contributed by atoms with van der Waals surface area (Å²) in [6.45, 7) is 7.97. The number of urea groups is 1. The van der Waals surface area contributed by atoms with Crippen LogP contribution in [0, 0.1) is 13.8 Å². The second-order valence-electron chi connectivity index (χ2n) is 7.13. The first-order valence-electron chi connectivity index (χ1n) is 10.0. The van der Waals surface area contributed by atoms with Crippen LogP contribution in [0.25, 0.3) is 22.5 Å². The summed E-state index contributed by atoms with van der Waals surface area (Å²) in [5.41, 5.74) is 5.50. The number of aryl methyl sites for hydroxylation is 2. The molecule has 0 radical (unpaired) electrons. The van der Waals surface area contributed by atoms with E-state index in [4.69, 9.17) is 4.98 Å². The van der Waals surface area contributed by atoms with Gasteiger partial charge in [-0.05, 0) is 27.7 Å². The molecule has 1 atom stereocenters. The summed E-state index contributed by atoms with van der Waals surface area (Å²) in [7, 11) is 0. The van der Waals surface area contributed by atoms with Gasteiger partial charge in [-0.2, -0.15) is 0 Å². The van der Waals surface area contributed by atoms with E-state index in [-0.39, 0.29) is 0 Å². The minimum absolute atomic E-state index is 0.366. The number of benzene rings is 2. The molecule has 31 heavy (non-hydrogen) atoms. The zero-order valence-electron chi connectivity index (χ0n) is 18.0. The molecule has 2 N–H and O–H groups in total. The van der Waals surface area contributed by atoms with Gasteiger partial charge in [-0.15, -0.1) is 10.2 Å². The molecule has 0 saturated carbocycles. The summed E-state index contributed by atoms with van der Waals surface area (Å²) in [6.07, 6.45) is 0. The maximum absolute atomic E-state index is 12.3. The molecule has 1 aromatic heterocycles. The fraction of sp³-hybridized carbons (Fsp3) is 0.261. The van der Waals surface area contributed by atoms with Gasteiger partial charge in [0.25, 0.3) is 0 Å². The van der Waals surface area contributed by atoms with Gasteiger partial charge in [0.15, 0.2) is 0 Å². The lowest BCUT2D eigenvalue weighted by molar-refractivity contribution is -0.119. The minimum Gasteiger partial charge on any atom is -0.338 e. The Bertz CT molecular complexity index is 1070. The molecule has 3 rings (SSSR count). The molecule has 0 unspecified atom stereocenters. The summed E-state index contributed by atoms with van der Waals surface area (Å²) in [4.78, 5) is 28.6. The Morgan fingerprint density at radius 2 is 1.45 bits per heavy atom. The first-order chi connectivity index (χ1) is 14.9. The van der Waals surface area contributed by atoms with Gasteiger partial charge in [0.1, 0.15) is 11.4 Å². The molecule has 0 fully saturated rings. The number of nitrogens with zero attached hydrogens (tertiary/aromatic N) is 3. The molecule has 160 valence electrons. The lowest BCUT2D eigenvalue weighted by atomic mass is 10.0. The molecule has 8 heteroatoms. The van der Waals surface area contributed by atoms with Crippen molar-refractivity contribution < 1.29 is 9.59 Å². The van der Waals surface area contributed by atoms with Crippen LogP contribution < -0.4 is 10.6 Å². The van der Waals surface area contributed by atoms with Crippen molar-refractivity contribution in [1.82, 2.24) is 25.8 Å². The van der Waals surface area contributed by atoms with Gasteiger partial charge < -0.3 is 5.32 Å². The Morgan fingerprint density at radius 1 is 0.903 bits per heavy atom. The molecule has 1 heterocycles. The number of imide groups is 1. The predicted molar refractivity (Wildman–Crippen MR) is 123 cm³/mol. The normalized spacial score (nSPS) is 11.6. The summed E-state index contributed by atoms with van der Waals surface area (Å²) in [5.74, 6) is -0.418. The predicted octanol–water partition coefficient (Wildman–Crippen LogP) is 4.15. The fourth-order valence-electron chi connectivity index (χ4n) is 2.81. The number of hydrogen-bond donors (Lipinski definition) is 2. The van der Waals surface area contributed by atoms with E-state index in [1.54, 1.807) is 13.8 Å². The van der Waals surface area contributed by atoms with Gasteiger partial charge in [-0.25, -0.2) is 9.78 Å². The van der Waals surface area contributed by atoms with Crippen molar-refractivity contribution in [2.45, 2.75) is 38.1 Å². The maximum atomic E-state index is 12.3. The van der Waals surface area contributed by atoms with E-state index in [1.807, 2.05) is 62.4 Å². The highest BCUT2D eigenvalue weighted by atomic mass is 32.2. The lowest BCUT2D eigenvalue weighted by Crippen LogP contribution is -2.42. The van der Waals surface area contributed by atoms with E-state index < -0.39 is 17.2 Å². The number of hydrogen-bond acceptors (Lipinski definition) is 6. The van der Waals surface area contributed by atoms with Crippen molar-refractivity contribution in [3.63, 3.8) is 0 Å². The molecule has 3 aromatic rings. The van der Waals surface area contributed by atoms with Crippen LogP contribution in [-0.2, 0) is 4.79 Å². The molecule has 7 nitrogen and oxygen atoms in total. The number of rotatable bonds is 6. The van der Waals surface area contributed by atoms with Crippen LogP contribution in [0.1, 0.15) is 25.0 Å². The molecular formula is C23H25N5O2S. The van der Waals surface area contributed by atoms with E-state index >= 15 is 0 Å². The average molecular weight is 436 g/mol. The van der Waals surface area contributed by atoms with Gasteiger partial charge in [0, 0.05) is 17.7 Å². The van der Waals surface area contributed by atoms with Gasteiger partial charge >= 0.3 is 6.03 Å². The molecule has 2 aromatic carbocycles. The third-order valence-electron chi connectivity index (χ3n) is 4.54. The maximum Gasteiger partial charge on any atom is 0.321 e. The smallest absolute Gasteiger partial charge is 0.321 e. The monoisotopic (exact) mass is 435 g/mol. The molecular weight excluding hydrogens is 410 g/mol.